The van der Waals surface area contributed by atoms with Crippen LogP contribution in [0.1, 0.15) is 24.5 Å². The summed E-state index contributed by atoms with van der Waals surface area (Å²) in [5.41, 5.74) is 0.719. The SMILES string of the molecule is C=C[C@@H](CC/C=C\C[Si](C)(C)C)[C@H](O)c1ccc([N+](=O)[O-])cc1. The molecule has 0 aromatic heterocycles. The minimum Gasteiger partial charge on any atom is -0.388 e. The first-order valence-electron chi connectivity index (χ1n) is 7.94. The van der Waals surface area contributed by atoms with Crippen molar-refractivity contribution in [3.8, 4) is 0 Å². The monoisotopic (exact) mass is 333 g/mol. The maximum Gasteiger partial charge on any atom is 0.269 e. The van der Waals surface area contributed by atoms with Crippen LogP contribution in [0.4, 0.5) is 5.69 Å². The van der Waals surface area contributed by atoms with Crippen molar-refractivity contribution in [2.75, 3.05) is 0 Å². The van der Waals surface area contributed by atoms with Gasteiger partial charge in [-0.3, -0.25) is 10.1 Å². The van der Waals surface area contributed by atoms with Crippen molar-refractivity contribution >= 4 is 13.8 Å². The average molecular weight is 334 g/mol. The van der Waals surface area contributed by atoms with Gasteiger partial charge in [-0.05, 0) is 36.6 Å². The first-order chi connectivity index (χ1) is 10.7. The van der Waals surface area contributed by atoms with Gasteiger partial charge in [0.2, 0.25) is 0 Å². The molecule has 23 heavy (non-hydrogen) atoms. The molecule has 0 aliphatic rings. The number of hydrogen-bond donors (Lipinski definition) is 1. The molecule has 0 unspecified atom stereocenters. The van der Waals surface area contributed by atoms with Crippen LogP contribution in [0, 0.1) is 16.0 Å². The second kappa shape index (κ2) is 8.79. The number of nitro groups is 1. The molecule has 0 fully saturated rings. The lowest BCUT2D eigenvalue weighted by molar-refractivity contribution is -0.384. The van der Waals surface area contributed by atoms with Gasteiger partial charge in [0, 0.05) is 26.1 Å². The highest BCUT2D eigenvalue weighted by atomic mass is 28.3. The highest BCUT2D eigenvalue weighted by Crippen LogP contribution is 2.28. The summed E-state index contributed by atoms with van der Waals surface area (Å²) in [5, 5.41) is 21.1. The Kier molecular flexibility index (Phi) is 7.39. The van der Waals surface area contributed by atoms with Crippen molar-refractivity contribution in [3.05, 3.63) is 64.8 Å². The molecule has 0 aliphatic heterocycles. The predicted octanol–water partition coefficient (Wildman–Crippen LogP) is 5.11. The van der Waals surface area contributed by atoms with Gasteiger partial charge in [-0.1, -0.05) is 37.9 Å². The van der Waals surface area contributed by atoms with Crippen LogP contribution in [-0.4, -0.2) is 18.1 Å². The third-order valence-corrected chi connectivity index (χ3v) is 5.18. The number of nitro benzene ring substituents is 1. The Morgan fingerprint density at radius 1 is 1.26 bits per heavy atom. The standard InChI is InChI=1S/C18H27NO3Si/c1-5-15(9-7-6-8-14-23(2,3)4)18(20)16-10-12-17(13-11-16)19(21)22/h5-6,8,10-13,15,18,20H,1,7,9,14H2,2-4H3/b8-6-/t15-,18-/m0/s1. The third kappa shape index (κ3) is 6.92. The summed E-state index contributed by atoms with van der Waals surface area (Å²) in [6.45, 7) is 10.8. The Balaban J connectivity index is 2.59. The number of rotatable bonds is 9. The Hall–Kier alpha value is -1.72. The number of nitrogens with zero attached hydrogens (tertiary/aromatic N) is 1. The van der Waals surface area contributed by atoms with Crippen LogP contribution in [0.2, 0.25) is 25.7 Å². The largest absolute Gasteiger partial charge is 0.388 e. The van der Waals surface area contributed by atoms with Crippen LogP contribution >= 0.6 is 0 Å². The molecule has 0 saturated carbocycles. The number of allylic oxidation sites excluding steroid dienone is 2. The highest BCUT2D eigenvalue weighted by molar-refractivity contribution is 6.76. The number of aliphatic hydroxyl groups excluding tert-OH is 1. The Morgan fingerprint density at radius 2 is 1.87 bits per heavy atom. The van der Waals surface area contributed by atoms with Crippen molar-refractivity contribution in [1.82, 2.24) is 0 Å². The lowest BCUT2D eigenvalue weighted by Crippen LogP contribution is -2.17. The van der Waals surface area contributed by atoms with E-state index in [1.165, 1.54) is 12.1 Å². The minimum atomic E-state index is -1.04. The zero-order valence-electron chi connectivity index (χ0n) is 14.2. The molecule has 0 aliphatic carbocycles. The quantitative estimate of drug-likeness (QED) is 0.296. The predicted molar refractivity (Wildman–Crippen MR) is 98.3 cm³/mol. The van der Waals surface area contributed by atoms with Gasteiger partial charge >= 0.3 is 0 Å². The summed E-state index contributed by atoms with van der Waals surface area (Å²) in [5.74, 6) is -0.0620. The van der Waals surface area contributed by atoms with Crippen LogP contribution in [0.5, 0.6) is 0 Å². The normalized spacial score (nSPS) is 14.6. The van der Waals surface area contributed by atoms with Gasteiger partial charge in [0.25, 0.3) is 5.69 Å². The van der Waals surface area contributed by atoms with E-state index in [4.69, 9.17) is 0 Å². The molecular formula is C18H27NO3Si. The zero-order valence-corrected chi connectivity index (χ0v) is 15.2. The summed E-state index contributed by atoms with van der Waals surface area (Å²) in [7, 11) is -1.04. The van der Waals surface area contributed by atoms with E-state index in [-0.39, 0.29) is 11.6 Å². The summed E-state index contributed by atoms with van der Waals surface area (Å²) in [4.78, 5) is 10.2. The van der Waals surface area contributed by atoms with Gasteiger partial charge in [-0.25, -0.2) is 0 Å². The molecule has 1 aromatic rings. The van der Waals surface area contributed by atoms with E-state index in [1.54, 1.807) is 18.2 Å². The van der Waals surface area contributed by atoms with Crippen molar-refractivity contribution < 1.29 is 10.0 Å². The van der Waals surface area contributed by atoms with E-state index in [1.807, 2.05) is 0 Å². The van der Waals surface area contributed by atoms with Gasteiger partial charge in [0.1, 0.15) is 0 Å². The summed E-state index contributed by atoms with van der Waals surface area (Å²) in [6.07, 6.45) is 7.20. The van der Waals surface area contributed by atoms with Gasteiger partial charge in [-0.2, -0.15) is 0 Å². The van der Waals surface area contributed by atoms with E-state index in [2.05, 4.69) is 38.4 Å². The fourth-order valence-electron chi connectivity index (χ4n) is 2.29. The Morgan fingerprint density at radius 3 is 2.35 bits per heavy atom. The Labute approximate surface area is 139 Å². The zero-order chi connectivity index (χ0) is 17.5. The molecule has 2 atom stereocenters. The molecule has 1 N–H and O–H groups in total. The average Bonchev–Trinajstić information content (AvgIpc) is 2.49. The molecule has 4 nitrogen and oxygen atoms in total. The van der Waals surface area contributed by atoms with E-state index in [0.29, 0.717) is 5.56 Å². The smallest absolute Gasteiger partial charge is 0.269 e. The van der Waals surface area contributed by atoms with E-state index >= 15 is 0 Å². The van der Waals surface area contributed by atoms with Gasteiger partial charge in [0.05, 0.1) is 11.0 Å². The maximum atomic E-state index is 10.7. The first kappa shape index (κ1) is 19.3. The number of aliphatic hydroxyl groups is 1. The molecule has 0 amide bonds. The van der Waals surface area contributed by atoms with Gasteiger partial charge in [-0.15, -0.1) is 6.58 Å². The summed E-state index contributed by atoms with van der Waals surface area (Å²) in [6, 6.07) is 7.23. The molecule has 0 heterocycles. The van der Waals surface area contributed by atoms with Crippen molar-refractivity contribution in [3.63, 3.8) is 0 Å². The van der Waals surface area contributed by atoms with Gasteiger partial charge < -0.3 is 5.11 Å². The lowest BCUT2D eigenvalue weighted by Gasteiger charge is -2.19. The molecule has 0 spiro atoms. The second-order valence-corrected chi connectivity index (χ2v) is 12.5. The molecule has 0 radical (unpaired) electrons. The van der Waals surface area contributed by atoms with Crippen LogP contribution in [0.3, 0.4) is 0 Å². The maximum absolute atomic E-state index is 10.7. The molecule has 0 bridgehead atoms. The summed E-state index contributed by atoms with van der Waals surface area (Å²) >= 11 is 0. The molecule has 5 heteroatoms. The molecule has 126 valence electrons. The van der Waals surface area contributed by atoms with Gasteiger partial charge in [0.15, 0.2) is 0 Å². The summed E-state index contributed by atoms with van der Waals surface area (Å²) < 4.78 is 0. The lowest BCUT2D eigenvalue weighted by atomic mass is 9.91. The van der Waals surface area contributed by atoms with E-state index in [0.717, 1.165) is 18.9 Å². The van der Waals surface area contributed by atoms with E-state index in [9.17, 15) is 15.2 Å². The van der Waals surface area contributed by atoms with Crippen LogP contribution in [0.25, 0.3) is 0 Å². The minimum absolute atomic E-state index is 0.0328. The number of benzene rings is 1. The van der Waals surface area contributed by atoms with Crippen molar-refractivity contribution in [2.24, 2.45) is 5.92 Å². The fraction of sp³-hybridized carbons (Fsp3) is 0.444. The number of hydrogen-bond acceptors (Lipinski definition) is 3. The van der Waals surface area contributed by atoms with Crippen LogP contribution in [-0.2, 0) is 0 Å². The number of non-ortho nitro benzene ring substituents is 1. The highest BCUT2D eigenvalue weighted by Gasteiger charge is 2.18. The fourth-order valence-corrected chi connectivity index (χ4v) is 3.16. The second-order valence-electron chi connectivity index (χ2n) is 7.01. The van der Waals surface area contributed by atoms with Crippen molar-refractivity contribution in [2.45, 2.75) is 44.6 Å². The molecule has 1 aromatic carbocycles. The topological polar surface area (TPSA) is 63.4 Å². The van der Waals surface area contributed by atoms with Crippen LogP contribution < -0.4 is 0 Å². The Bertz CT molecular complexity index is 546. The molecule has 0 saturated heterocycles. The van der Waals surface area contributed by atoms with E-state index < -0.39 is 19.1 Å². The third-order valence-electron chi connectivity index (χ3n) is 3.72. The van der Waals surface area contributed by atoms with Crippen LogP contribution in [0.15, 0.2) is 49.1 Å². The molecule has 1 rings (SSSR count). The first-order valence-corrected chi connectivity index (χ1v) is 11.7. The molecular weight excluding hydrogens is 306 g/mol. The van der Waals surface area contributed by atoms with Crippen molar-refractivity contribution in [1.29, 1.82) is 0 Å².